The number of aromatic nitrogens is 3. The van der Waals surface area contributed by atoms with Crippen LogP contribution in [0.4, 0.5) is 36.3 Å². The largest absolute Gasteiger partial charge is 0.417 e. The molecule has 5 nitrogen and oxygen atoms in total. The van der Waals surface area contributed by atoms with Crippen LogP contribution in [-0.2, 0) is 12.6 Å². The summed E-state index contributed by atoms with van der Waals surface area (Å²) in [5.41, 5.74) is 1.49. The summed E-state index contributed by atoms with van der Waals surface area (Å²) >= 11 is 5.65. The van der Waals surface area contributed by atoms with Crippen molar-refractivity contribution in [3.05, 3.63) is 64.8 Å². The molecule has 0 fully saturated rings. The number of hydrogen-bond donors (Lipinski definition) is 1. The number of hydrogen-bond acceptors (Lipinski definition) is 5. The van der Waals surface area contributed by atoms with E-state index in [0.717, 1.165) is 18.2 Å². The molecule has 1 aliphatic rings. The molecule has 1 aromatic heterocycles. The van der Waals surface area contributed by atoms with E-state index in [1.807, 2.05) is 29.2 Å². The van der Waals surface area contributed by atoms with Gasteiger partial charge in [0.2, 0.25) is 0 Å². The van der Waals surface area contributed by atoms with Crippen LogP contribution in [0.5, 0.6) is 0 Å². The fourth-order valence-corrected chi connectivity index (χ4v) is 3.21. The fourth-order valence-electron chi connectivity index (χ4n) is 2.98. The maximum atomic E-state index is 13.0. The molecule has 3 aromatic rings. The van der Waals surface area contributed by atoms with Gasteiger partial charge in [0.1, 0.15) is 0 Å². The SMILES string of the molecule is FC(F)(F)c1cc(Nc2cnnc(N3CCc4ccccc43)n2)ccc1Cl. The van der Waals surface area contributed by atoms with Gasteiger partial charge in [-0.2, -0.15) is 23.3 Å². The van der Waals surface area contributed by atoms with Crippen molar-refractivity contribution in [1.29, 1.82) is 0 Å². The summed E-state index contributed by atoms with van der Waals surface area (Å²) in [5.74, 6) is 0.676. The van der Waals surface area contributed by atoms with Crippen LogP contribution in [0.2, 0.25) is 5.02 Å². The van der Waals surface area contributed by atoms with Crippen LogP contribution in [0.1, 0.15) is 11.1 Å². The summed E-state index contributed by atoms with van der Waals surface area (Å²) < 4.78 is 39.1. The molecule has 0 radical (unpaired) electrons. The molecule has 138 valence electrons. The minimum Gasteiger partial charge on any atom is -0.339 e. The van der Waals surface area contributed by atoms with Gasteiger partial charge >= 0.3 is 6.18 Å². The standard InChI is InChI=1S/C18H13ClF3N5/c19-14-6-5-12(9-13(14)18(20,21)22)24-16-10-23-26-17(25-16)27-8-7-11-3-1-2-4-15(11)27/h1-6,9-10H,7-8H2,(H,24,25,26). The van der Waals surface area contributed by atoms with Crippen molar-refractivity contribution >= 4 is 34.7 Å². The molecule has 2 aromatic carbocycles. The average molecular weight is 392 g/mol. The molecule has 0 saturated heterocycles. The molecule has 0 saturated carbocycles. The Labute approximate surface area is 157 Å². The molecular weight excluding hydrogens is 379 g/mol. The van der Waals surface area contributed by atoms with Gasteiger partial charge < -0.3 is 10.2 Å². The first-order chi connectivity index (χ1) is 12.9. The molecule has 0 amide bonds. The lowest BCUT2D eigenvalue weighted by atomic mass is 10.2. The van der Waals surface area contributed by atoms with Crippen LogP contribution in [0.25, 0.3) is 0 Å². The quantitative estimate of drug-likeness (QED) is 0.682. The van der Waals surface area contributed by atoms with E-state index in [2.05, 4.69) is 20.5 Å². The molecule has 0 spiro atoms. The van der Waals surface area contributed by atoms with Crippen LogP contribution in [0, 0.1) is 0 Å². The van der Waals surface area contributed by atoms with Gasteiger partial charge in [0, 0.05) is 17.9 Å². The lowest BCUT2D eigenvalue weighted by Crippen LogP contribution is -2.17. The van der Waals surface area contributed by atoms with Gasteiger partial charge in [-0.15, -0.1) is 5.10 Å². The Kier molecular flexibility index (Phi) is 4.35. The maximum Gasteiger partial charge on any atom is 0.417 e. The highest BCUT2D eigenvalue weighted by atomic mass is 35.5. The molecule has 4 rings (SSSR count). The third-order valence-corrected chi connectivity index (χ3v) is 4.55. The maximum absolute atomic E-state index is 13.0. The molecule has 1 N–H and O–H groups in total. The second-order valence-corrected chi connectivity index (χ2v) is 6.40. The number of rotatable bonds is 3. The van der Waals surface area contributed by atoms with E-state index in [9.17, 15) is 13.2 Å². The molecule has 0 unspecified atom stereocenters. The van der Waals surface area contributed by atoms with Crippen molar-refractivity contribution in [3.63, 3.8) is 0 Å². The lowest BCUT2D eigenvalue weighted by Gasteiger charge is -2.17. The zero-order valence-corrected chi connectivity index (χ0v) is 14.6. The molecule has 1 aliphatic heterocycles. The van der Waals surface area contributed by atoms with Gasteiger partial charge in [0.25, 0.3) is 5.95 Å². The Hall–Kier alpha value is -2.87. The van der Waals surface area contributed by atoms with Gasteiger partial charge in [-0.1, -0.05) is 29.8 Å². The van der Waals surface area contributed by atoms with Crippen LogP contribution in [-0.4, -0.2) is 21.7 Å². The molecule has 0 aliphatic carbocycles. The number of benzene rings is 2. The monoisotopic (exact) mass is 391 g/mol. The van der Waals surface area contributed by atoms with Gasteiger partial charge in [0.15, 0.2) is 5.82 Å². The normalized spacial score (nSPS) is 13.6. The lowest BCUT2D eigenvalue weighted by molar-refractivity contribution is -0.137. The van der Waals surface area contributed by atoms with Gasteiger partial charge in [0.05, 0.1) is 16.8 Å². The highest BCUT2D eigenvalue weighted by molar-refractivity contribution is 6.31. The predicted molar refractivity (Wildman–Crippen MR) is 96.7 cm³/mol. The highest BCUT2D eigenvalue weighted by Crippen LogP contribution is 2.37. The molecule has 27 heavy (non-hydrogen) atoms. The zero-order valence-electron chi connectivity index (χ0n) is 13.8. The van der Waals surface area contributed by atoms with Gasteiger partial charge in [-0.25, -0.2) is 0 Å². The Morgan fingerprint density at radius 1 is 1.11 bits per heavy atom. The number of halogens is 4. The summed E-state index contributed by atoms with van der Waals surface area (Å²) in [6.45, 7) is 0.712. The van der Waals surface area contributed by atoms with E-state index < -0.39 is 11.7 Å². The van der Waals surface area contributed by atoms with E-state index in [0.29, 0.717) is 18.3 Å². The van der Waals surface area contributed by atoms with E-state index in [4.69, 9.17) is 11.6 Å². The van der Waals surface area contributed by atoms with Crippen molar-refractivity contribution < 1.29 is 13.2 Å². The minimum atomic E-state index is -4.54. The summed E-state index contributed by atoms with van der Waals surface area (Å²) in [6, 6.07) is 11.5. The number of alkyl halides is 3. The number of nitrogens with zero attached hydrogens (tertiary/aromatic N) is 4. The van der Waals surface area contributed by atoms with Crippen molar-refractivity contribution in [3.8, 4) is 0 Å². The van der Waals surface area contributed by atoms with Crippen molar-refractivity contribution in [2.45, 2.75) is 12.6 Å². The molecule has 2 heterocycles. The molecule has 9 heteroatoms. The number of para-hydroxylation sites is 1. The highest BCUT2D eigenvalue weighted by Gasteiger charge is 2.33. The van der Waals surface area contributed by atoms with Crippen LogP contribution in [0.3, 0.4) is 0 Å². The fraction of sp³-hybridized carbons (Fsp3) is 0.167. The Morgan fingerprint density at radius 2 is 1.93 bits per heavy atom. The van der Waals surface area contributed by atoms with E-state index >= 15 is 0 Å². The number of anilines is 4. The average Bonchev–Trinajstić information content (AvgIpc) is 3.07. The zero-order chi connectivity index (χ0) is 19.0. The third kappa shape index (κ3) is 3.52. The summed E-state index contributed by atoms with van der Waals surface area (Å²) in [7, 11) is 0. The first-order valence-electron chi connectivity index (χ1n) is 8.11. The van der Waals surface area contributed by atoms with E-state index in [-0.39, 0.29) is 10.7 Å². The summed E-state index contributed by atoms with van der Waals surface area (Å²) in [6.07, 6.45) is -2.32. The van der Waals surface area contributed by atoms with Crippen LogP contribution < -0.4 is 10.2 Å². The smallest absolute Gasteiger partial charge is 0.339 e. The minimum absolute atomic E-state index is 0.208. The van der Waals surface area contributed by atoms with Crippen molar-refractivity contribution in [2.24, 2.45) is 0 Å². The van der Waals surface area contributed by atoms with Gasteiger partial charge in [-0.05, 0) is 36.2 Å². The molecule has 0 bridgehead atoms. The van der Waals surface area contributed by atoms with Crippen LogP contribution in [0.15, 0.2) is 48.7 Å². The number of nitrogens with one attached hydrogen (secondary N) is 1. The van der Waals surface area contributed by atoms with E-state index in [1.54, 1.807) is 0 Å². The summed E-state index contributed by atoms with van der Waals surface area (Å²) in [5, 5.41) is 10.5. The number of fused-ring (bicyclic) bond motifs is 1. The molecule has 0 atom stereocenters. The Balaban J connectivity index is 1.61. The van der Waals surface area contributed by atoms with Gasteiger partial charge in [-0.3, -0.25) is 0 Å². The van der Waals surface area contributed by atoms with Crippen molar-refractivity contribution in [2.75, 3.05) is 16.8 Å². The first-order valence-corrected chi connectivity index (χ1v) is 8.48. The van der Waals surface area contributed by atoms with E-state index in [1.165, 1.54) is 23.9 Å². The van der Waals surface area contributed by atoms with Crippen molar-refractivity contribution in [1.82, 2.24) is 15.2 Å². The Bertz CT molecular complexity index is 993. The second kappa shape index (κ2) is 6.70. The summed E-state index contributed by atoms with van der Waals surface area (Å²) in [4.78, 5) is 6.32. The third-order valence-electron chi connectivity index (χ3n) is 4.22. The predicted octanol–water partition coefficient (Wildman–Crippen LogP) is 4.98. The Morgan fingerprint density at radius 3 is 2.74 bits per heavy atom. The molecular formula is C18H13ClF3N5. The topological polar surface area (TPSA) is 53.9 Å². The first kappa shape index (κ1) is 17.5. The van der Waals surface area contributed by atoms with Crippen LogP contribution >= 0.6 is 11.6 Å². The second-order valence-electron chi connectivity index (χ2n) is 5.99.